The first-order chi connectivity index (χ1) is 16.2. The Hall–Kier alpha value is -3.24. The van der Waals surface area contributed by atoms with Crippen molar-refractivity contribution in [2.45, 2.75) is 49.1 Å². The number of nitrogens with zero attached hydrogens (tertiary/aromatic N) is 2. The lowest BCUT2D eigenvalue weighted by Gasteiger charge is -2.26. The summed E-state index contributed by atoms with van der Waals surface area (Å²) in [5, 5.41) is 3.09. The lowest BCUT2D eigenvalue weighted by molar-refractivity contribution is -0.123. The number of rotatable bonds is 6. The van der Waals surface area contributed by atoms with E-state index >= 15 is 0 Å². The second-order valence-electron chi connectivity index (χ2n) is 8.69. The van der Waals surface area contributed by atoms with Crippen molar-refractivity contribution >= 4 is 26.8 Å². The first-order valence-electron chi connectivity index (χ1n) is 11.3. The third kappa shape index (κ3) is 4.69. The zero-order chi connectivity index (χ0) is 24.5. The molecule has 1 saturated carbocycles. The maximum absolute atomic E-state index is 13.3. The molecule has 3 aromatic rings. The van der Waals surface area contributed by atoms with Gasteiger partial charge in [-0.15, -0.1) is 0 Å². The highest BCUT2D eigenvalue weighted by Crippen LogP contribution is 2.22. The Balaban J connectivity index is 1.70. The molecule has 1 heterocycles. The summed E-state index contributed by atoms with van der Waals surface area (Å²) in [6.07, 6.45) is 4.93. The van der Waals surface area contributed by atoms with Crippen LogP contribution in [0.25, 0.3) is 10.9 Å². The highest BCUT2D eigenvalue weighted by atomic mass is 32.2. The van der Waals surface area contributed by atoms with Gasteiger partial charge in [0, 0.05) is 20.1 Å². The van der Waals surface area contributed by atoms with E-state index in [1.54, 1.807) is 30.3 Å². The van der Waals surface area contributed by atoms with Gasteiger partial charge in [0.25, 0.3) is 5.56 Å². The van der Waals surface area contributed by atoms with Crippen molar-refractivity contribution in [2.75, 3.05) is 0 Å². The molecule has 4 rings (SSSR count). The van der Waals surface area contributed by atoms with Crippen molar-refractivity contribution in [3.05, 3.63) is 74.9 Å². The van der Waals surface area contributed by atoms with Gasteiger partial charge in [0.2, 0.25) is 15.9 Å². The SMILES string of the molecule is Cn1c(=O)c2cc(S(=O)(=O)N[C@@H](C(=O)NC3CCCCC3)c3ccccc3)ccc2n(C)c1=O. The average molecular weight is 485 g/mol. The maximum Gasteiger partial charge on any atom is 0.330 e. The summed E-state index contributed by atoms with van der Waals surface area (Å²) in [4.78, 5) is 37.8. The zero-order valence-electron chi connectivity index (χ0n) is 19.2. The van der Waals surface area contributed by atoms with E-state index in [4.69, 9.17) is 0 Å². The van der Waals surface area contributed by atoms with Crippen molar-refractivity contribution in [1.29, 1.82) is 0 Å². The Labute approximate surface area is 197 Å². The van der Waals surface area contributed by atoms with Gasteiger partial charge in [-0.1, -0.05) is 49.6 Å². The highest BCUT2D eigenvalue weighted by Gasteiger charge is 2.29. The van der Waals surface area contributed by atoms with E-state index in [1.165, 1.54) is 36.9 Å². The van der Waals surface area contributed by atoms with E-state index in [9.17, 15) is 22.8 Å². The fraction of sp³-hybridized carbons (Fsp3) is 0.375. The fourth-order valence-electron chi connectivity index (χ4n) is 4.41. The quantitative estimate of drug-likeness (QED) is 0.552. The van der Waals surface area contributed by atoms with Crippen LogP contribution >= 0.6 is 0 Å². The number of aryl methyl sites for hydroxylation is 1. The van der Waals surface area contributed by atoms with Gasteiger partial charge in [0.15, 0.2) is 0 Å². The molecule has 2 aromatic carbocycles. The number of sulfonamides is 1. The van der Waals surface area contributed by atoms with Crippen LogP contribution in [0.3, 0.4) is 0 Å². The van der Waals surface area contributed by atoms with Gasteiger partial charge in [-0.25, -0.2) is 13.2 Å². The molecule has 1 fully saturated rings. The number of carbonyl (C=O) groups is 1. The van der Waals surface area contributed by atoms with Gasteiger partial charge in [0.1, 0.15) is 6.04 Å². The minimum atomic E-state index is -4.18. The molecule has 1 amide bonds. The predicted octanol–water partition coefficient (Wildman–Crippen LogP) is 1.71. The van der Waals surface area contributed by atoms with E-state index < -0.39 is 33.2 Å². The number of carbonyl (C=O) groups excluding carboxylic acids is 1. The summed E-state index contributed by atoms with van der Waals surface area (Å²) >= 11 is 0. The summed E-state index contributed by atoms with van der Waals surface area (Å²) in [6.45, 7) is 0. The Bertz CT molecular complexity index is 1440. The van der Waals surface area contributed by atoms with Crippen molar-refractivity contribution in [3.63, 3.8) is 0 Å². The Kier molecular flexibility index (Phi) is 6.72. The number of nitrogens with one attached hydrogen (secondary N) is 2. The van der Waals surface area contributed by atoms with Gasteiger partial charge in [0.05, 0.1) is 15.8 Å². The zero-order valence-corrected chi connectivity index (χ0v) is 20.0. The second-order valence-corrected chi connectivity index (χ2v) is 10.4. The van der Waals surface area contributed by atoms with Crippen LogP contribution in [-0.2, 0) is 28.9 Å². The van der Waals surface area contributed by atoms with Crippen LogP contribution in [0.2, 0.25) is 0 Å². The molecule has 2 N–H and O–H groups in total. The van der Waals surface area contributed by atoms with Crippen LogP contribution in [0.15, 0.2) is 63.0 Å². The van der Waals surface area contributed by atoms with Crippen molar-refractivity contribution in [1.82, 2.24) is 19.2 Å². The standard InChI is InChI=1S/C24H28N4O5S/c1-27-20-14-13-18(15-19(20)23(30)28(2)24(27)31)34(32,33)26-21(16-9-5-3-6-10-16)22(29)25-17-11-7-4-8-12-17/h3,5-6,9-10,13-15,17,21,26H,4,7-8,11-12H2,1-2H3,(H,25,29)/t21-/m1/s1. The molecule has 0 saturated heterocycles. The summed E-state index contributed by atoms with van der Waals surface area (Å²) in [7, 11) is -1.33. The van der Waals surface area contributed by atoms with E-state index in [0.717, 1.165) is 36.7 Å². The third-order valence-corrected chi connectivity index (χ3v) is 7.79. The summed E-state index contributed by atoms with van der Waals surface area (Å²) in [5.74, 6) is -0.416. The molecule has 1 aromatic heterocycles. The average Bonchev–Trinajstić information content (AvgIpc) is 2.85. The van der Waals surface area contributed by atoms with Gasteiger partial charge >= 0.3 is 5.69 Å². The Morgan fingerprint density at radius 2 is 1.65 bits per heavy atom. The lowest BCUT2D eigenvalue weighted by atomic mass is 9.95. The van der Waals surface area contributed by atoms with Gasteiger partial charge < -0.3 is 5.32 Å². The minimum absolute atomic E-state index is 0.0157. The molecule has 180 valence electrons. The van der Waals surface area contributed by atoms with Crippen molar-refractivity contribution < 1.29 is 13.2 Å². The molecule has 10 heteroatoms. The summed E-state index contributed by atoms with van der Waals surface area (Å²) in [6, 6.07) is 11.5. The van der Waals surface area contributed by atoms with Crippen molar-refractivity contribution in [3.8, 4) is 0 Å². The summed E-state index contributed by atoms with van der Waals surface area (Å²) < 4.78 is 31.4. The second kappa shape index (κ2) is 9.55. The third-order valence-electron chi connectivity index (χ3n) is 6.37. The number of benzene rings is 2. The van der Waals surface area contributed by atoms with Gasteiger partial charge in [-0.05, 0) is 36.6 Å². The van der Waals surface area contributed by atoms with E-state index in [2.05, 4.69) is 10.0 Å². The molecule has 0 radical (unpaired) electrons. The number of fused-ring (bicyclic) bond motifs is 1. The topological polar surface area (TPSA) is 119 Å². The van der Waals surface area contributed by atoms with Gasteiger partial charge in [-0.3, -0.25) is 18.7 Å². The van der Waals surface area contributed by atoms with E-state index in [0.29, 0.717) is 11.1 Å². The molecule has 1 aliphatic rings. The van der Waals surface area contributed by atoms with Crippen LogP contribution in [0.4, 0.5) is 0 Å². The van der Waals surface area contributed by atoms with E-state index in [-0.39, 0.29) is 16.3 Å². The molecule has 9 nitrogen and oxygen atoms in total. The maximum atomic E-state index is 13.3. The number of amides is 1. The predicted molar refractivity (Wildman–Crippen MR) is 129 cm³/mol. The molecular formula is C24H28N4O5S. The molecule has 0 bridgehead atoms. The first-order valence-corrected chi connectivity index (χ1v) is 12.7. The van der Waals surface area contributed by atoms with Gasteiger partial charge in [-0.2, -0.15) is 4.72 Å². The molecule has 34 heavy (non-hydrogen) atoms. The molecule has 0 aliphatic heterocycles. The normalized spacial score (nSPS) is 15.8. The molecule has 0 unspecified atom stereocenters. The molecule has 0 spiro atoms. The fourth-order valence-corrected chi connectivity index (χ4v) is 5.62. The van der Waals surface area contributed by atoms with Crippen molar-refractivity contribution in [2.24, 2.45) is 14.1 Å². The van der Waals surface area contributed by atoms with Crippen LogP contribution in [-0.4, -0.2) is 29.5 Å². The molecule has 1 atom stereocenters. The number of hydrogen-bond donors (Lipinski definition) is 2. The monoisotopic (exact) mass is 484 g/mol. The van der Waals surface area contributed by atoms with E-state index in [1.807, 2.05) is 0 Å². The minimum Gasteiger partial charge on any atom is -0.352 e. The van der Waals surface area contributed by atoms with Crippen LogP contribution in [0.5, 0.6) is 0 Å². The highest BCUT2D eigenvalue weighted by molar-refractivity contribution is 7.89. The molecule has 1 aliphatic carbocycles. The van der Waals surface area contributed by atoms with Crippen LogP contribution < -0.4 is 21.3 Å². The van der Waals surface area contributed by atoms with Crippen LogP contribution in [0.1, 0.15) is 43.7 Å². The first kappa shape index (κ1) is 23.9. The Morgan fingerprint density at radius 3 is 2.32 bits per heavy atom. The van der Waals surface area contributed by atoms with Crippen LogP contribution in [0, 0.1) is 0 Å². The molecular weight excluding hydrogens is 456 g/mol. The number of aromatic nitrogens is 2. The Morgan fingerprint density at radius 1 is 0.971 bits per heavy atom. The summed E-state index contributed by atoms with van der Waals surface area (Å²) in [5.41, 5.74) is -0.264. The number of hydrogen-bond acceptors (Lipinski definition) is 5. The smallest absolute Gasteiger partial charge is 0.330 e. The largest absolute Gasteiger partial charge is 0.352 e. The lowest BCUT2D eigenvalue weighted by Crippen LogP contribution is -2.45.